The molecule has 14 heavy (non-hydrogen) atoms. The molecule has 0 aliphatic heterocycles. The summed E-state index contributed by atoms with van der Waals surface area (Å²) in [5.74, 6) is 0. The van der Waals surface area contributed by atoms with Gasteiger partial charge in [-0.3, -0.25) is 0 Å². The summed E-state index contributed by atoms with van der Waals surface area (Å²) in [4.78, 5) is 13.3. The first-order valence-corrected chi connectivity index (χ1v) is 5.37. The van der Waals surface area contributed by atoms with Crippen molar-refractivity contribution >= 4 is 6.03 Å². The number of urea groups is 1. The van der Waals surface area contributed by atoms with E-state index in [0.29, 0.717) is 6.04 Å². The van der Waals surface area contributed by atoms with Gasteiger partial charge in [-0.1, -0.05) is 0 Å². The first-order chi connectivity index (χ1) is 6.68. The van der Waals surface area contributed by atoms with Gasteiger partial charge in [0, 0.05) is 12.6 Å². The van der Waals surface area contributed by atoms with Gasteiger partial charge in [-0.25, -0.2) is 4.79 Å². The fourth-order valence-electron chi connectivity index (χ4n) is 1.22. The average molecular weight is 199 g/mol. The molecule has 1 fully saturated rings. The maximum Gasteiger partial charge on any atom is 0.315 e. The smallest absolute Gasteiger partial charge is 0.315 e. The summed E-state index contributed by atoms with van der Waals surface area (Å²) in [6.07, 6.45) is 4.48. The van der Waals surface area contributed by atoms with Crippen LogP contribution in [0.1, 0.15) is 25.7 Å². The number of nitrogens with zero attached hydrogens (tertiary/aromatic N) is 1. The van der Waals surface area contributed by atoms with E-state index >= 15 is 0 Å². The fourth-order valence-corrected chi connectivity index (χ4v) is 1.22. The van der Waals surface area contributed by atoms with Crippen LogP contribution in [0.3, 0.4) is 0 Å². The van der Waals surface area contributed by atoms with Gasteiger partial charge in [0.2, 0.25) is 0 Å². The zero-order valence-electron chi connectivity index (χ0n) is 9.18. The summed E-state index contributed by atoms with van der Waals surface area (Å²) in [5.41, 5.74) is 0. The van der Waals surface area contributed by atoms with Crippen molar-refractivity contribution in [3.05, 3.63) is 0 Å². The highest BCUT2D eigenvalue weighted by atomic mass is 16.2. The second kappa shape index (κ2) is 5.86. The fraction of sp³-hybridized carbons (Fsp3) is 0.900. The van der Waals surface area contributed by atoms with E-state index in [9.17, 15) is 4.79 Å². The van der Waals surface area contributed by atoms with Gasteiger partial charge in [0.05, 0.1) is 0 Å². The van der Waals surface area contributed by atoms with Crippen molar-refractivity contribution in [2.45, 2.75) is 31.7 Å². The van der Waals surface area contributed by atoms with Gasteiger partial charge >= 0.3 is 6.03 Å². The normalized spacial score (nSPS) is 15.6. The molecule has 0 heterocycles. The molecule has 2 amide bonds. The second-order valence-electron chi connectivity index (χ2n) is 4.18. The zero-order chi connectivity index (χ0) is 10.4. The highest BCUT2D eigenvalue weighted by molar-refractivity contribution is 5.74. The molecule has 0 atom stereocenters. The predicted molar refractivity (Wildman–Crippen MR) is 57.3 cm³/mol. The van der Waals surface area contributed by atoms with Crippen molar-refractivity contribution in [3.8, 4) is 0 Å². The van der Waals surface area contributed by atoms with Gasteiger partial charge in [0.25, 0.3) is 0 Å². The molecule has 0 bridgehead atoms. The summed E-state index contributed by atoms with van der Waals surface area (Å²) < 4.78 is 0. The summed E-state index contributed by atoms with van der Waals surface area (Å²) in [5, 5.41) is 5.75. The van der Waals surface area contributed by atoms with E-state index in [1.165, 1.54) is 0 Å². The summed E-state index contributed by atoms with van der Waals surface area (Å²) in [6, 6.07) is 0.453. The first kappa shape index (κ1) is 11.3. The van der Waals surface area contributed by atoms with Crippen molar-refractivity contribution in [3.63, 3.8) is 0 Å². The molecule has 1 rings (SSSR count). The van der Waals surface area contributed by atoms with Crippen LogP contribution in [0.15, 0.2) is 0 Å². The maximum absolute atomic E-state index is 11.2. The minimum atomic E-state index is -0.00245. The maximum atomic E-state index is 11.2. The van der Waals surface area contributed by atoms with Crippen LogP contribution < -0.4 is 10.6 Å². The number of hydrogen-bond donors (Lipinski definition) is 2. The lowest BCUT2D eigenvalue weighted by molar-refractivity contribution is 0.240. The van der Waals surface area contributed by atoms with Gasteiger partial charge in [-0.15, -0.1) is 0 Å². The third kappa shape index (κ3) is 5.80. The van der Waals surface area contributed by atoms with Gasteiger partial charge in [-0.2, -0.15) is 0 Å². The van der Waals surface area contributed by atoms with Gasteiger partial charge in [-0.05, 0) is 46.3 Å². The number of carbonyl (C=O) groups is 1. The largest absolute Gasteiger partial charge is 0.338 e. The molecule has 0 saturated heterocycles. The summed E-state index contributed by atoms with van der Waals surface area (Å²) in [6.45, 7) is 1.87. The van der Waals surface area contributed by atoms with Crippen molar-refractivity contribution in [1.29, 1.82) is 0 Å². The van der Waals surface area contributed by atoms with Gasteiger partial charge in [0.15, 0.2) is 0 Å². The minimum Gasteiger partial charge on any atom is -0.338 e. The Balaban J connectivity index is 1.84. The van der Waals surface area contributed by atoms with E-state index in [4.69, 9.17) is 0 Å². The van der Waals surface area contributed by atoms with E-state index in [1.807, 2.05) is 0 Å². The monoisotopic (exact) mass is 199 g/mol. The van der Waals surface area contributed by atoms with E-state index in [2.05, 4.69) is 29.6 Å². The second-order valence-corrected chi connectivity index (χ2v) is 4.18. The van der Waals surface area contributed by atoms with E-state index in [0.717, 1.165) is 38.8 Å². The third-order valence-electron chi connectivity index (χ3n) is 2.23. The number of hydrogen-bond acceptors (Lipinski definition) is 2. The lowest BCUT2D eigenvalue weighted by Crippen LogP contribution is -2.37. The molecule has 0 radical (unpaired) electrons. The van der Waals surface area contributed by atoms with Crippen molar-refractivity contribution in [2.24, 2.45) is 0 Å². The SMILES string of the molecule is CN(C)CCCCNC(=O)NC1CC1. The van der Waals surface area contributed by atoms with Crippen LogP contribution >= 0.6 is 0 Å². The van der Waals surface area contributed by atoms with Crippen molar-refractivity contribution in [2.75, 3.05) is 27.2 Å². The first-order valence-electron chi connectivity index (χ1n) is 5.37. The van der Waals surface area contributed by atoms with Crippen LogP contribution in [-0.4, -0.2) is 44.2 Å². The Kier molecular flexibility index (Phi) is 4.73. The molecule has 0 spiro atoms. The Morgan fingerprint density at radius 2 is 2.07 bits per heavy atom. The van der Waals surface area contributed by atoms with Crippen molar-refractivity contribution in [1.82, 2.24) is 15.5 Å². The molecule has 4 nitrogen and oxygen atoms in total. The third-order valence-corrected chi connectivity index (χ3v) is 2.23. The Labute approximate surface area is 86.0 Å². The Morgan fingerprint density at radius 3 is 2.64 bits per heavy atom. The number of carbonyl (C=O) groups excluding carboxylic acids is 1. The van der Waals surface area contributed by atoms with Crippen molar-refractivity contribution < 1.29 is 4.79 Å². The topological polar surface area (TPSA) is 44.4 Å². The van der Waals surface area contributed by atoms with Gasteiger partial charge < -0.3 is 15.5 Å². The molecule has 0 aromatic carbocycles. The molecule has 0 aromatic rings. The molecule has 1 saturated carbocycles. The molecule has 82 valence electrons. The lowest BCUT2D eigenvalue weighted by Gasteiger charge is -2.09. The quantitative estimate of drug-likeness (QED) is 0.621. The Morgan fingerprint density at radius 1 is 1.36 bits per heavy atom. The van der Waals surface area contributed by atoms with Crippen LogP contribution in [0.2, 0.25) is 0 Å². The number of amides is 2. The van der Waals surface area contributed by atoms with E-state index < -0.39 is 0 Å². The van der Waals surface area contributed by atoms with E-state index in [1.54, 1.807) is 0 Å². The van der Waals surface area contributed by atoms with E-state index in [-0.39, 0.29) is 6.03 Å². The Hall–Kier alpha value is -0.770. The Bertz CT molecular complexity index is 178. The number of unbranched alkanes of at least 4 members (excludes halogenated alkanes) is 1. The highest BCUT2D eigenvalue weighted by Gasteiger charge is 2.22. The predicted octanol–water partition coefficient (Wildman–Crippen LogP) is 0.790. The summed E-state index contributed by atoms with van der Waals surface area (Å²) in [7, 11) is 4.13. The van der Waals surface area contributed by atoms with Crippen LogP contribution in [0.4, 0.5) is 4.79 Å². The number of rotatable bonds is 6. The zero-order valence-corrected chi connectivity index (χ0v) is 9.18. The molecular formula is C10H21N3O. The minimum absolute atomic E-state index is 0.00245. The molecule has 0 aromatic heterocycles. The molecule has 1 aliphatic carbocycles. The van der Waals surface area contributed by atoms with Crippen LogP contribution in [0.25, 0.3) is 0 Å². The van der Waals surface area contributed by atoms with Gasteiger partial charge in [0.1, 0.15) is 0 Å². The molecule has 1 aliphatic rings. The molecule has 4 heteroatoms. The highest BCUT2D eigenvalue weighted by Crippen LogP contribution is 2.18. The average Bonchev–Trinajstić information content (AvgIpc) is 2.87. The molecular weight excluding hydrogens is 178 g/mol. The lowest BCUT2D eigenvalue weighted by atomic mass is 10.3. The van der Waals surface area contributed by atoms with Crippen LogP contribution in [0, 0.1) is 0 Å². The molecule has 2 N–H and O–H groups in total. The standard InChI is InChI=1S/C10H21N3O/c1-13(2)8-4-3-7-11-10(14)12-9-5-6-9/h9H,3-8H2,1-2H3,(H2,11,12,14). The van der Waals surface area contributed by atoms with Crippen LogP contribution in [0.5, 0.6) is 0 Å². The molecule has 0 unspecified atom stereocenters. The van der Waals surface area contributed by atoms with Crippen LogP contribution in [-0.2, 0) is 0 Å². The number of nitrogens with one attached hydrogen (secondary N) is 2. The summed E-state index contributed by atoms with van der Waals surface area (Å²) >= 11 is 0.